The van der Waals surface area contributed by atoms with Crippen LogP contribution in [-0.4, -0.2) is 30.9 Å². The highest BCUT2D eigenvalue weighted by atomic mass is 16.5. The van der Waals surface area contributed by atoms with Gasteiger partial charge in [0.1, 0.15) is 11.6 Å². The molecular weight excluding hydrogens is 250 g/mol. The zero-order valence-electron chi connectivity index (χ0n) is 13.1. The maximum absolute atomic E-state index is 7.63. The first-order chi connectivity index (χ1) is 9.51. The number of nitrogens with one attached hydrogen (secondary N) is 1. The number of benzene rings is 1. The van der Waals surface area contributed by atoms with Gasteiger partial charge in [-0.25, -0.2) is 0 Å². The Balaban J connectivity index is 2.85. The average molecular weight is 277 g/mol. The summed E-state index contributed by atoms with van der Waals surface area (Å²) in [5, 5.41) is 7.63. The molecule has 0 amide bonds. The highest BCUT2D eigenvalue weighted by molar-refractivity contribution is 5.97. The Hall–Kier alpha value is -1.55. The monoisotopic (exact) mass is 277 g/mol. The normalized spacial score (nSPS) is 12.4. The molecule has 0 aliphatic carbocycles. The number of nitrogens with zero attached hydrogens (tertiary/aromatic N) is 1. The van der Waals surface area contributed by atoms with Gasteiger partial charge in [-0.2, -0.15) is 0 Å². The van der Waals surface area contributed by atoms with Crippen molar-refractivity contribution >= 4 is 5.84 Å². The molecule has 0 saturated heterocycles. The third kappa shape index (κ3) is 4.53. The topological polar surface area (TPSA) is 62.3 Å². The van der Waals surface area contributed by atoms with Crippen LogP contribution in [0.1, 0.15) is 38.3 Å². The van der Waals surface area contributed by atoms with Gasteiger partial charge in [-0.3, -0.25) is 10.3 Å². The second kappa shape index (κ2) is 7.90. The van der Waals surface area contributed by atoms with Gasteiger partial charge in [-0.1, -0.05) is 33.3 Å². The summed E-state index contributed by atoms with van der Waals surface area (Å²) in [7, 11) is 1.60. The van der Waals surface area contributed by atoms with Gasteiger partial charge in [0.05, 0.1) is 12.7 Å². The van der Waals surface area contributed by atoms with Crippen LogP contribution in [0.25, 0.3) is 0 Å². The summed E-state index contributed by atoms with van der Waals surface area (Å²) in [6.07, 6.45) is 1.19. The van der Waals surface area contributed by atoms with E-state index in [0.717, 1.165) is 19.6 Å². The van der Waals surface area contributed by atoms with Crippen molar-refractivity contribution < 1.29 is 4.74 Å². The third-order valence-corrected chi connectivity index (χ3v) is 3.67. The van der Waals surface area contributed by atoms with Crippen molar-refractivity contribution in [1.29, 1.82) is 5.41 Å². The number of ether oxygens (including phenoxy) is 1. The van der Waals surface area contributed by atoms with E-state index in [9.17, 15) is 0 Å². The molecule has 0 aliphatic rings. The van der Waals surface area contributed by atoms with E-state index in [4.69, 9.17) is 15.9 Å². The minimum absolute atomic E-state index is 0.0497. The zero-order valence-corrected chi connectivity index (χ0v) is 13.1. The Morgan fingerprint density at radius 3 is 2.60 bits per heavy atom. The highest BCUT2D eigenvalue weighted by Crippen LogP contribution is 2.20. The molecule has 112 valence electrons. The van der Waals surface area contributed by atoms with Crippen molar-refractivity contribution in [3.8, 4) is 5.75 Å². The summed E-state index contributed by atoms with van der Waals surface area (Å²) in [5.74, 6) is 1.40. The van der Waals surface area contributed by atoms with Crippen LogP contribution >= 0.6 is 0 Å². The Kier molecular flexibility index (Phi) is 6.52. The molecule has 0 aromatic heterocycles. The first kappa shape index (κ1) is 16.5. The molecule has 0 spiro atoms. The largest absolute Gasteiger partial charge is 0.496 e. The van der Waals surface area contributed by atoms with Crippen LogP contribution in [-0.2, 0) is 6.54 Å². The minimum atomic E-state index is 0.0497. The van der Waals surface area contributed by atoms with Crippen molar-refractivity contribution in [2.24, 2.45) is 11.7 Å². The summed E-state index contributed by atoms with van der Waals surface area (Å²) < 4.78 is 5.24. The maximum Gasteiger partial charge on any atom is 0.129 e. The summed E-state index contributed by atoms with van der Waals surface area (Å²) >= 11 is 0. The van der Waals surface area contributed by atoms with Gasteiger partial charge in [0, 0.05) is 13.1 Å². The van der Waals surface area contributed by atoms with Crippen molar-refractivity contribution in [3.63, 3.8) is 0 Å². The molecule has 1 rings (SSSR count). The number of hydrogen-bond acceptors (Lipinski definition) is 3. The van der Waals surface area contributed by atoms with E-state index >= 15 is 0 Å². The van der Waals surface area contributed by atoms with E-state index < -0.39 is 0 Å². The predicted octanol–water partition coefficient (Wildman–Crippen LogP) is 2.85. The molecule has 4 nitrogen and oxygen atoms in total. The molecule has 0 heterocycles. The number of nitrogen functional groups attached to an aromatic ring is 1. The molecule has 3 N–H and O–H groups in total. The summed E-state index contributed by atoms with van der Waals surface area (Å²) in [5.41, 5.74) is 7.45. The van der Waals surface area contributed by atoms with Crippen molar-refractivity contribution in [1.82, 2.24) is 4.90 Å². The molecule has 0 radical (unpaired) electrons. The van der Waals surface area contributed by atoms with Crippen molar-refractivity contribution in [2.75, 3.05) is 20.2 Å². The molecule has 0 fully saturated rings. The van der Waals surface area contributed by atoms with Crippen LogP contribution in [0.5, 0.6) is 5.75 Å². The fraction of sp³-hybridized carbons (Fsp3) is 0.562. The molecule has 1 atom stereocenters. The molecule has 1 unspecified atom stereocenters. The predicted molar refractivity (Wildman–Crippen MR) is 84.4 cm³/mol. The van der Waals surface area contributed by atoms with Crippen LogP contribution in [0.4, 0.5) is 0 Å². The fourth-order valence-electron chi connectivity index (χ4n) is 2.20. The van der Waals surface area contributed by atoms with Gasteiger partial charge in [0.15, 0.2) is 0 Å². The first-order valence-corrected chi connectivity index (χ1v) is 7.25. The van der Waals surface area contributed by atoms with Gasteiger partial charge in [-0.05, 0) is 30.2 Å². The second-order valence-corrected chi connectivity index (χ2v) is 5.29. The molecule has 0 saturated carbocycles. The first-order valence-electron chi connectivity index (χ1n) is 7.25. The Bertz CT molecular complexity index is 445. The number of rotatable bonds is 8. The molecule has 1 aromatic carbocycles. The zero-order chi connectivity index (χ0) is 15.1. The SMILES string of the molecule is CCC(C)CN(CC)Cc1ccc(OC)c(C(=N)N)c1. The molecule has 1 aromatic rings. The number of nitrogens with two attached hydrogens (primary N) is 1. The van der Waals surface area contributed by atoms with E-state index in [-0.39, 0.29) is 5.84 Å². The summed E-state index contributed by atoms with van der Waals surface area (Å²) in [6.45, 7) is 9.67. The molecular formula is C16H27N3O. The number of methoxy groups -OCH3 is 1. The van der Waals surface area contributed by atoms with Crippen LogP contribution < -0.4 is 10.5 Å². The van der Waals surface area contributed by atoms with Crippen LogP contribution in [0.2, 0.25) is 0 Å². The fourth-order valence-corrected chi connectivity index (χ4v) is 2.20. The van der Waals surface area contributed by atoms with Crippen LogP contribution in [0, 0.1) is 11.3 Å². The number of hydrogen-bond donors (Lipinski definition) is 2. The maximum atomic E-state index is 7.63. The van der Waals surface area contributed by atoms with Gasteiger partial charge in [0.25, 0.3) is 0 Å². The summed E-state index contributed by atoms with van der Waals surface area (Å²) in [6, 6.07) is 5.90. The van der Waals surface area contributed by atoms with E-state index in [2.05, 4.69) is 25.7 Å². The highest BCUT2D eigenvalue weighted by Gasteiger charge is 2.11. The lowest BCUT2D eigenvalue weighted by molar-refractivity contribution is 0.238. The quantitative estimate of drug-likeness (QED) is 0.567. The Labute approximate surface area is 122 Å². The van der Waals surface area contributed by atoms with E-state index in [0.29, 0.717) is 17.2 Å². The van der Waals surface area contributed by atoms with Crippen molar-refractivity contribution in [3.05, 3.63) is 29.3 Å². The standard InChI is InChI=1S/C16H27N3O/c1-5-12(3)10-19(6-2)11-13-7-8-15(20-4)14(9-13)16(17)18/h7-9,12H,5-6,10-11H2,1-4H3,(H3,17,18). The lowest BCUT2D eigenvalue weighted by atomic mass is 10.1. The molecule has 4 heteroatoms. The minimum Gasteiger partial charge on any atom is -0.496 e. The van der Waals surface area contributed by atoms with Crippen LogP contribution in [0.15, 0.2) is 18.2 Å². The number of amidine groups is 1. The van der Waals surface area contributed by atoms with E-state index in [1.165, 1.54) is 12.0 Å². The lowest BCUT2D eigenvalue weighted by Gasteiger charge is -2.24. The smallest absolute Gasteiger partial charge is 0.129 e. The molecule has 20 heavy (non-hydrogen) atoms. The van der Waals surface area contributed by atoms with Gasteiger partial charge in [0.2, 0.25) is 0 Å². The van der Waals surface area contributed by atoms with Gasteiger partial charge >= 0.3 is 0 Å². The third-order valence-electron chi connectivity index (χ3n) is 3.67. The van der Waals surface area contributed by atoms with Gasteiger partial charge < -0.3 is 10.5 Å². The van der Waals surface area contributed by atoms with E-state index in [1.54, 1.807) is 7.11 Å². The van der Waals surface area contributed by atoms with E-state index in [1.807, 2.05) is 18.2 Å². The van der Waals surface area contributed by atoms with Crippen molar-refractivity contribution in [2.45, 2.75) is 33.7 Å². The Morgan fingerprint density at radius 1 is 1.40 bits per heavy atom. The Morgan fingerprint density at radius 2 is 2.10 bits per heavy atom. The lowest BCUT2D eigenvalue weighted by Crippen LogP contribution is -2.28. The van der Waals surface area contributed by atoms with Crippen LogP contribution in [0.3, 0.4) is 0 Å². The molecule has 0 bridgehead atoms. The average Bonchev–Trinajstić information content (AvgIpc) is 2.45. The second-order valence-electron chi connectivity index (χ2n) is 5.29. The van der Waals surface area contributed by atoms with Gasteiger partial charge in [-0.15, -0.1) is 0 Å². The summed E-state index contributed by atoms with van der Waals surface area (Å²) in [4.78, 5) is 2.42. The molecule has 0 aliphatic heterocycles.